The predicted molar refractivity (Wildman–Crippen MR) is 139 cm³/mol. The van der Waals surface area contributed by atoms with Crippen molar-refractivity contribution in [3.63, 3.8) is 0 Å². The van der Waals surface area contributed by atoms with Crippen molar-refractivity contribution in [3.05, 3.63) is 41.8 Å². The standard InChI is InChI=1S/C23H32FN5O3.HI/c1-5-25-23(28-16-9-12-29(15-16)22-19(24)7-6-10-26-22)27-11-8-18-20(31-3)13-17(30-2)14-21(18)32-4;/h6-7,10,13-14,16H,5,8-9,11-12,15H2,1-4H3,(H2,25,27,28);1H. The molecule has 0 amide bonds. The quantitative estimate of drug-likeness (QED) is 0.271. The Morgan fingerprint density at radius 2 is 1.94 bits per heavy atom. The van der Waals surface area contributed by atoms with Crippen LogP contribution in [0, 0.1) is 5.82 Å². The minimum absolute atomic E-state index is 0. The first-order chi connectivity index (χ1) is 15.6. The van der Waals surface area contributed by atoms with Crippen LogP contribution in [0.15, 0.2) is 35.5 Å². The van der Waals surface area contributed by atoms with Crippen molar-refractivity contribution in [2.75, 3.05) is 52.4 Å². The Morgan fingerprint density at radius 1 is 1.21 bits per heavy atom. The van der Waals surface area contributed by atoms with Gasteiger partial charge >= 0.3 is 0 Å². The van der Waals surface area contributed by atoms with Gasteiger partial charge in [-0.15, -0.1) is 24.0 Å². The van der Waals surface area contributed by atoms with E-state index >= 15 is 0 Å². The Hall–Kier alpha value is -2.50. The summed E-state index contributed by atoms with van der Waals surface area (Å²) in [7, 11) is 4.87. The van der Waals surface area contributed by atoms with Gasteiger partial charge < -0.3 is 29.7 Å². The number of halogens is 2. The van der Waals surface area contributed by atoms with E-state index in [-0.39, 0.29) is 35.8 Å². The van der Waals surface area contributed by atoms with Crippen molar-refractivity contribution in [1.29, 1.82) is 0 Å². The summed E-state index contributed by atoms with van der Waals surface area (Å²) in [6, 6.07) is 6.88. The molecule has 10 heteroatoms. The molecule has 2 N–H and O–H groups in total. The van der Waals surface area contributed by atoms with E-state index in [0.29, 0.717) is 42.6 Å². The number of nitrogens with one attached hydrogen (secondary N) is 2. The zero-order valence-corrected chi connectivity index (χ0v) is 21.9. The van der Waals surface area contributed by atoms with Crippen molar-refractivity contribution in [2.24, 2.45) is 4.99 Å². The zero-order chi connectivity index (χ0) is 22.9. The lowest BCUT2D eigenvalue weighted by molar-refractivity contribution is 0.369. The van der Waals surface area contributed by atoms with E-state index in [1.165, 1.54) is 6.07 Å². The Kier molecular flexibility index (Phi) is 10.8. The molecule has 1 unspecified atom stereocenters. The lowest BCUT2D eigenvalue weighted by Gasteiger charge is -2.20. The third kappa shape index (κ3) is 6.99. The second-order valence-corrected chi connectivity index (χ2v) is 7.41. The van der Waals surface area contributed by atoms with Gasteiger partial charge in [-0.2, -0.15) is 0 Å². The number of hydrogen-bond donors (Lipinski definition) is 2. The van der Waals surface area contributed by atoms with Crippen LogP contribution in [0.3, 0.4) is 0 Å². The highest BCUT2D eigenvalue weighted by Gasteiger charge is 2.26. The molecule has 0 spiro atoms. The van der Waals surface area contributed by atoms with Crippen LogP contribution in [0.25, 0.3) is 0 Å². The molecule has 1 aliphatic heterocycles. The molecule has 0 aliphatic carbocycles. The molecule has 1 aliphatic rings. The second-order valence-electron chi connectivity index (χ2n) is 7.41. The van der Waals surface area contributed by atoms with Crippen LogP contribution in [0.1, 0.15) is 18.9 Å². The Balaban J connectivity index is 0.00000385. The van der Waals surface area contributed by atoms with Crippen LogP contribution in [0.4, 0.5) is 10.2 Å². The molecule has 1 atom stereocenters. The van der Waals surface area contributed by atoms with Crippen LogP contribution >= 0.6 is 24.0 Å². The molecule has 3 rings (SSSR count). The molecule has 2 heterocycles. The molecule has 0 saturated carbocycles. The first kappa shape index (κ1) is 26.7. The van der Waals surface area contributed by atoms with Gasteiger partial charge in [0, 0.05) is 56.1 Å². The van der Waals surface area contributed by atoms with Crippen molar-refractivity contribution < 1.29 is 18.6 Å². The van der Waals surface area contributed by atoms with E-state index in [1.54, 1.807) is 33.6 Å². The summed E-state index contributed by atoms with van der Waals surface area (Å²) in [6.07, 6.45) is 3.13. The van der Waals surface area contributed by atoms with Gasteiger partial charge in [0.25, 0.3) is 0 Å². The van der Waals surface area contributed by atoms with Gasteiger partial charge in [-0.1, -0.05) is 0 Å². The van der Waals surface area contributed by atoms with E-state index in [9.17, 15) is 4.39 Å². The van der Waals surface area contributed by atoms with Crippen LogP contribution < -0.4 is 29.7 Å². The minimum Gasteiger partial charge on any atom is -0.496 e. The van der Waals surface area contributed by atoms with E-state index in [0.717, 1.165) is 31.0 Å². The SMILES string of the molecule is CCNC(=NCCc1c(OC)cc(OC)cc1OC)NC1CCN(c2ncccc2F)C1.I. The summed E-state index contributed by atoms with van der Waals surface area (Å²) in [5.74, 6) is 2.92. The Morgan fingerprint density at radius 3 is 2.55 bits per heavy atom. The number of anilines is 1. The largest absolute Gasteiger partial charge is 0.496 e. The topological polar surface area (TPSA) is 80.2 Å². The number of pyridine rings is 1. The van der Waals surface area contributed by atoms with Crippen molar-refractivity contribution in [2.45, 2.75) is 25.8 Å². The highest BCUT2D eigenvalue weighted by atomic mass is 127. The monoisotopic (exact) mass is 573 g/mol. The summed E-state index contributed by atoms with van der Waals surface area (Å²) in [4.78, 5) is 10.9. The number of aliphatic imine (C=N–C) groups is 1. The van der Waals surface area contributed by atoms with Gasteiger partial charge in [0.1, 0.15) is 17.2 Å². The third-order valence-corrected chi connectivity index (χ3v) is 5.36. The number of ether oxygens (including phenoxy) is 3. The predicted octanol–water partition coefficient (Wildman–Crippen LogP) is 3.24. The van der Waals surface area contributed by atoms with Crippen molar-refractivity contribution in [3.8, 4) is 17.2 Å². The van der Waals surface area contributed by atoms with E-state index < -0.39 is 0 Å². The average molecular weight is 573 g/mol. The molecule has 2 aromatic rings. The second kappa shape index (κ2) is 13.3. The minimum atomic E-state index is -0.295. The van der Waals surface area contributed by atoms with Crippen molar-refractivity contribution >= 4 is 35.8 Å². The normalized spacial score (nSPS) is 15.6. The molecule has 33 heavy (non-hydrogen) atoms. The number of rotatable bonds is 9. The number of guanidine groups is 1. The van der Waals surface area contributed by atoms with Crippen LogP contribution in [0.2, 0.25) is 0 Å². The molecule has 1 saturated heterocycles. The highest BCUT2D eigenvalue weighted by Crippen LogP contribution is 2.34. The van der Waals surface area contributed by atoms with Gasteiger partial charge in [0.15, 0.2) is 17.6 Å². The summed E-state index contributed by atoms with van der Waals surface area (Å²) < 4.78 is 30.4. The maximum atomic E-state index is 14.1. The van der Waals surface area contributed by atoms with Gasteiger partial charge in [0.05, 0.1) is 21.3 Å². The van der Waals surface area contributed by atoms with E-state index in [1.807, 2.05) is 24.0 Å². The number of nitrogens with zero attached hydrogens (tertiary/aromatic N) is 3. The van der Waals surface area contributed by atoms with E-state index in [4.69, 9.17) is 19.2 Å². The maximum absolute atomic E-state index is 14.1. The van der Waals surface area contributed by atoms with Gasteiger partial charge in [-0.3, -0.25) is 4.99 Å². The molecule has 8 nitrogen and oxygen atoms in total. The zero-order valence-electron chi connectivity index (χ0n) is 19.6. The molecule has 1 aromatic carbocycles. The van der Waals surface area contributed by atoms with Gasteiger partial charge in [-0.05, 0) is 31.9 Å². The molecule has 0 bridgehead atoms. The van der Waals surface area contributed by atoms with Crippen LogP contribution in [-0.4, -0.2) is 64.5 Å². The fraction of sp³-hybridized carbons (Fsp3) is 0.478. The number of hydrogen-bond acceptors (Lipinski definition) is 6. The lowest BCUT2D eigenvalue weighted by Crippen LogP contribution is -2.44. The first-order valence-electron chi connectivity index (χ1n) is 10.8. The highest BCUT2D eigenvalue weighted by molar-refractivity contribution is 14.0. The first-order valence-corrected chi connectivity index (χ1v) is 10.8. The third-order valence-electron chi connectivity index (χ3n) is 5.36. The number of benzene rings is 1. The fourth-order valence-corrected chi connectivity index (χ4v) is 3.80. The Labute approximate surface area is 211 Å². The fourth-order valence-electron chi connectivity index (χ4n) is 3.80. The van der Waals surface area contributed by atoms with Crippen LogP contribution in [0.5, 0.6) is 17.2 Å². The lowest BCUT2D eigenvalue weighted by atomic mass is 10.1. The van der Waals surface area contributed by atoms with Crippen LogP contribution in [-0.2, 0) is 6.42 Å². The number of aromatic nitrogens is 1. The molecular weight excluding hydrogens is 540 g/mol. The summed E-state index contributed by atoms with van der Waals surface area (Å²) in [6.45, 7) is 4.71. The van der Waals surface area contributed by atoms with Gasteiger partial charge in [-0.25, -0.2) is 9.37 Å². The molecular formula is C23H33FIN5O3. The van der Waals surface area contributed by atoms with Crippen molar-refractivity contribution in [1.82, 2.24) is 15.6 Å². The molecule has 0 radical (unpaired) electrons. The maximum Gasteiger partial charge on any atom is 0.191 e. The molecule has 182 valence electrons. The molecule has 1 aromatic heterocycles. The summed E-state index contributed by atoms with van der Waals surface area (Å²) >= 11 is 0. The smallest absolute Gasteiger partial charge is 0.191 e. The molecule has 1 fully saturated rings. The summed E-state index contributed by atoms with van der Waals surface area (Å²) in [5.41, 5.74) is 0.938. The van der Waals surface area contributed by atoms with Gasteiger partial charge in [0.2, 0.25) is 0 Å². The van der Waals surface area contributed by atoms with E-state index in [2.05, 4.69) is 15.6 Å². The summed E-state index contributed by atoms with van der Waals surface area (Å²) in [5, 5.41) is 6.75. The number of methoxy groups -OCH3 is 3. The average Bonchev–Trinajstić information content (AvgIpc) is 3.27. The Bertz CT molecular complexity index is 906.